The first-order valence-electron chi connectivity index (χ1n) is 6.68. The van der Waals surface area contributed by atoms with Crippen LogP contribution in [0.2, 0.25) is 0 Å². The fraction of sp³-hybridized carbons (Fsp3) is 0.533. The Labute approximate surface area is 109 Å². The summed E-state index contributed by atoms with van der Waals surface area (Å²) in [7, 11) is 0. The summed E-state index contributed by atoms with van der Waals surface area (Å²) in [5.41, 5.74) is 3.37. The molecule has 1 saturated heterocycles. The first-order valence-corrected chi connectivity index (χ1v) is 6.68. The van der Waals surface area contributed by atoms with Gasteiger partial charge in [-0.25, -0.2) is 0 Å². The zero-order valence-corrected chi connectivity index (χ0v) is 11.4. The molecule has 0 spiro atoms. The van der Waals surface area contributed by atoms with Gasteiger partial charge in [-0.05, 0) is 56.9 Å². The van der Waals surface area contributed by atoms with E-state index in [4.69, 9.17) is 0 Å². The molecule has 98 valence electrons. The van der Waals surface area contributed by atoms with Crippen LogP contribution in [-0.2, 0) is 4.79 Å². The predicted molar refractivity (Wildman–Crippen MR) is 74.7 cm³/mol. The van der Waals surface area contributed by atoms with E-state index in [0.717, 1.165) is 25.1 Å². The van der Waals surface area contributed by atoms with E-state index in [1.54, 1.807) is 0 Å². The number of amides is 1. The Kier molecular flexibility index (Phi) is 4.02. The summed E-state index contributed by atoms with van der Waals surface area (Å²) in [4.78, 5) is 12.1. The van der Waals surface area contributed by atoms with Gasteiger partial charge in [0.05, 0.1) is 5.92 Å². The molecule has 1 heterocycles. The van der Waals surface area contributed by atoms with Crippen molar-refractivity contribution in [3.05, 3.63) is 29.3 Å². The highest BCUT2D eigenvalue weighted by Crippen LogP contribution is 2.18. The Morgan fingerprint density at radius 1 is 1.28 bits per heavy atom. The lowest BCUT2D eigenvalue weighted by Crippen LogP contribution is -2.41. The van der Waals surface area contributed by atoms with Crippen molar-refractivity contribution in [3.63, 3.8) is 0 Å². The van der Waals surface area contributed by atoms with E-state index in [0.29, 0.717) is 6.04 Å². The molecule has 2 atom stereocenters. The number of aryl methyl sites for hydroxylation is 2. The van der Waals surface area contributed by atoms with Crippen molar-refractivity contribution in [2.24, 2.45) is 5.92 Å². The van der Waals surface area contributed by atoms with Crippen molar-refractivity contribution >= 4 is 11.6 Å². The highest BCUT2D eigenvalue weighted by Gasteiger charge is 2.23. The number of hydrogen-bond acceptors (Lipinski definition) is 2. The third-order valence-electron chi connectivity index (χ3n) is 3.81. The smallest absolute Gasteiger partial charge is 0.228 e. The molecule has 0 aliphatic carbocycles. The second-order valence-corrected chi connectivity index (χ2v) is 5.37. The maximum absolute atomic E-state index is 12.1. The van der Waals surface area contributed by atoms with Crippen LogP contribution >= 0.6 is 0 Å². The van der Waals surface area contributed by atoms with Crippen molar-refractivity contribution in [3.8, 4) is 0 Å². The van der Waals surface area contributed by atoms with Crippen molar-refractivity contribution in [1.82, 2.24) is 5.32 Å². The Morgan fingerprint density at radius 3 is 2.67 bits per heavy atom. The molecule has 2 N–H and O–H groups in total. The standard InChI is InChI=1S/C15H22N2O/c1-10-4-7-14(8-11(10)2)17-15(18)13-6-5-12(3)16-9-13/h4,7-8,12-13,16H,5-6,9H2,1-3H3,(H,17,18). The molecule has 0 bridgehead atoms. The number of hydrogen-bond donors (Lipinski definition) is 2. The molecule has 2 rings (SSSR count). The molecule has 1 aromatic carbocycles. The number of carbonyl (C=O) groups excluding carboxylic acids is 1. The van der Waals surface area contributed by atoms with Gasteiger partial charge >= 0.3 is 0 Å². The maximum Gasteiger partial charge on any atom is 0.228 e. The highest BCUT2D eigenvalue weighted by molar-refractivity contribution is 5.92. The number of nitrogens with one attached hydrogen (secondary N) is 2. The molecule has 2 unspecified atom stereocenters. The van der Waals surface area contributed by atoms with Gasteiger partial charge in [-0.2, -0.15) is 0 Å². The number of piperidine rings is 1. The molecular formula is C15H22N2O. The summed E-state index contributed by atoms with van der Waals surface area (Å²) in [6, 6.07) is 6.59. The summed E-state index contributed by atoms with van der Waals surface area (Å²) in [6.07, 6.45) is 2.05. The highest BCUT2D eigenvalue weighted by atomic mass is 16.1. The first-order chi connectivity index (χ1) is 8.56. The third kappa shape index (κ3) is 3.10. The molecule has 1 amide bonds. The molecule has 0 saturated carbocycles. The lowest BCUT2D eigenvalue weighted by atomic mass is 9.94. The van der Waals surface area contributed by atoms with E-state index in [9.17, 15) is 4.79 Å². The van der Waals surface area contributed by atoms with E-state index < -0.39 is 0 Å². The zero-order valence-electron chi connectivity index (χ0n) is 11.4. The Bertz CT molecular complexity index is 434. The van der Waals surface area contributed by atoms with Crippen LogP contribution in [0.5, 0.6) is 0 Å². The summed E-state index contributed by atoms with van der Waals surface area (Å²) in [5, 5.41) is 6.37. The van der Waals surface area contributed by atoms with Crippen molar-refractivity contribution in [1.29, 1.82) is 0 Å². The van der Waals surface area contributed by atoms with E-state index in [1.807, 2.05) is 18.2 Å². The van der Waals surface area contributed by atoms with Gasteiger partial charge in [0.2, 0.25) is 5.91 Å². The average molecular weight is 246 g/mol. The molecule has 1 aliphatic rings. The number of rotatable bonds is 2. The molecule has 3 heteroatoms. The largest absolute Gasteiger partial charge is 0.326 e. The lowest BCUT2D eigenvalue weighted by molar-refractivity contribution is -0.120. The molecule has 1 fully saturated rings. The minimum Gasteiger partial charge on any atom is -0.326 e. The molecule has 18 heavy (non-hydrogen) atoms. The van der Waals surface area contributed by atoms with E-state index in [-0.39, 0.29) is 11.8 Å². The summed E-state index contributed by atoms with van der Waals surface area (Å²) >= 11 is 0. The van der Waals surface area contributed by atoms with Crippen LogP contribution in [0.25, 0.3) is 0 Å². The second kappa shape index (κ2) is 5.53. The fourth-order valence-electron chi connectivity index (χ4n) is 2.29. The van der Waals surface area contributed by atoms with Gasteiger partial charge in [0.25, 0.3) is 0 Å². The first kappa shape index (κ1) is 13.1. The Hall–Kier alpha value is -1.35. The summed E-state index contributed by atoms with van der Waals surface area (Å²) in [5.74, 6) is 0.237. The van der Waals surface area contributed by atoms with Crippen LogP contribution < -0.4 is 10.6 Å². The van der Waals surface area contributed by atoms with Gasteiger partial charge in [-0.3, -0.25) is 4.79 Å². The quantitative estimate of drug-likeness (QED) is 0.842. The van der Waals surface area contributed by atoms with E-state index in [2.05, 4.69) is 31.4 Å². The van der Waals surface area contributed by atoms with Crippen LogP contribution in [0.1, 0.15) is 30.9 Å². The van der Waals surface area contributed by atoms with Crippen LogP contribution in [0.3, 0.4) is 0 Å². The van der Waals surface area contributed by atoms with Crippen molar-refractivity contribution < 1.29 is 4.79 Å². The zero-order chi connectivity index (χ0) is 13.1. The average Bonchev–Trinajstić information content (AvgIpc) is 2.34. The third-order valence-corrected chi connectivity index (χ3v) is 3.81. The number of benzene rings is 1. The maximum atomic E-state index is 12.1. The normalized spacial score (nSPS) is 23.7. The monoisotopic (exact) mass is 246 g/mol. The minimum absolute atomic E-state index is 0.0998. The molecule has 0 aromatic heterocycles. The van der Waals surface area contributed by atoms with Gasteiger partial charge in [-0.15, -0.1) is 0 Å². The second-order valence-electron chi connectivity index (χ2n) is 5.37. The minimum atomic E-state index is 0.0998. The SMILES string of the molecule is Cc1ccc(NC(=O)C2CCC(C)NC2)cc1C. The molecule has 0 radical (unpaired) electrons. The Balaban J connectivity index is 1.96. The topological polar surface area (TPSA) is 41.1 Å². The number of carbonyl (C=O) groups is 1. The summed E-state index contributed by atoms with van der Waals surface area (Å²) < 4.78 is 0. The van der Waals surface area contributed by atoms with Crippen molar-refractivity contribution in [2.45, 2.75) is 39.7 Å². The van der Waals surface area contributed by atoms with E-state index >= 15 is 0 Å². The van der Waals surface area contributed by atoms with Crippen LogP contribution in [0, 0.1) is 19.8 Å². The van der Waals surface area contributed by atoms with Gasteiger partial charge in [0, 0.05) is 18.3 Å². The van der Waals surface area contributed by atoms with Gasteiger partial charge in [0.1, 0.15) is 0 Å². The predicted octanol–water partition coefficient (Wildman–Crippen LogP) is 2.63. The van der Waals surface area contributed by atoms with Crippen molar-refractivity contribution in [2.75, 3.05) is 11.9 Å². The number of anilines is 1. The van der Waals surface area contributed by atoms with Crippen LogP contribution in [0.4, 0.5) is 5.69 Å². The molecule has 1 aromatic rings. The fourth-order valence-corrected chi connectivity index (χ4v) is 2.29. The Morgan fingerprint density at radius 2 is 2.06 bits per heavy atom. The lowest BCUT2D eigenvalue weighted by Gasteiger charge is -2.26. The van der Waals surface area contributed by atoms with Crippen LogP contribution in [-0.4, -0.2) is 18.5 Å². The van der Waals surface area contributed by atoms with Gasteiger partial charge in [-0.1, -0.05) is 6.07 Å². The van der Waals surface area contributed by atoms with Gasteiger partial charge < -0.3 is 10.6 Å². The molecular weight excluding hydrogens is 224 g/mol. The van der Waals surface area contributed by atoms with Crippen LogP contribution in [0.15, 0.2) is 18.2 Å². The molecule has 3 nitrogen and oxygen atoms in total. The van der Waals surface area contributed by atoms with Gasteiger partial charge in [0.15, 0.2) is 0 Å². The summed E-state index contributed by atoms with van der Waals surface area (Å²) in [6.45, 7) is 7.09. The van der Waals surface area contributed by atoms with E-state index in [1.165, 1.54) is 11.1 Å². The molecule has 1 aliphatic heterocycles.